The van der Waals surface area contributed by atoms with E-state index >= 15 is 0 Å². The second-order valence-electron chi connectivity index (χ2n) is 10.9. The van der Waals surface area contributed by atoms with Gasteiger partial charge in [0, 0.05) is 50.0 Å². The summed E-state index contributed by atoms with van der Waals surface area (Å²) in [5, 5.41) is 2.96. The standard InChI is InChI=1S/C27H38N4O4.2H2S/c1-18(2)16-22(27(34)31-11-10-24-25(31)23(32)17-35-24)28-26(33)19-6-8-21(9-7-19)30-14-12-29(13-15-30)20-4-3-5-20;;/h6-9,18,20,22,24-25H,3-5,10-17H2,1-2H3,(H,28,33);2*1H2/t22-,24+,25+;;/m0../s1. The molecule has 0 bridgehead atoms. The molecule has 0 aromatic heterocycles. The van der Waals surface area contributed by atoms with Crippen LogP contribution in [0.3, 0.4) is 0 Å². The molecule has 37 heavy (non-hydrogen) atoms. The lowest BCUT2D eigenvalue weighted by molar-refractivity contribution is -0.138. The summed E-state index contributed by atoms with van der Waals surface area (Å²) in [6, 6.07) is 7.34. The summed E-state index contributed by atoms with van der Waals surface area (Å²) >= 11 is 0. The number of hydrogen-bond donors (Lipinski definition) is 1. The summed E-state index contributed by atoms with van der Waals surface area (Å²) in [5.74, 6) is -0.256. The van der Waals surface area contributed by atoms with Crippen molar-refractivity contribution in [3.05, 3.63) is 29.8 Å². The molecule has 3 saturated heterocycles. The van der Waals surface area contributed by atoms with Gasteiger partial charge in [-0.2, -0.15) is 27.0 Å². The fourth-order valence-electron chi connectivity index (χ4n) is 5.90. The number of benzene rings is 1. The first-order chi connectivity index (χ1) is 16.9. The molecule has 3 aliphatic heterocycles. The Hall–Kier alpha value is -1.75. The predicted molar refractivity (Wildman–Crippen MR) is 154 cm³/mol. The molecule has 8 nitrogen and oxygen atoms in total. The number of Topliss-reactive ketones (excluding diaryl/α,β-unsaturated/α-hetero) is 1. The molecule has 10 heteroatoms. The predicted octanol–water partition coefficient (Wildman–Crippen LogP) is 2.30. The second kappa shape index (κ2) is 12.9. The van der Waals surface area contributed by atoms with E-state index in [-0.39, 0.29) is 63.2 Å². The fraction of sp³-hybridized carbons (Fsp3) is 0.667. The number of hydrogen-bond acceptors (Lipinski definition) is 6. The molecule has 1 aliphatic carbocycles. The van der Waals surface area contributed by atoms with Crippen LogP contribution in [0.4, 0.5) is 5.69 Å². The highest BCUT2D eigenvalue weighted by Crippen LogP contribution is 2.29. The summed E-state index contributed by atoms with van der Waals surface area (Å²) in [5.41, 5.74) is 1.68. The van der Waals surface area contributed by atoms with E-state index in [4.69, 9.17) is 4.74 Å². The van der Waals surface area contributed by atoms with Gasteiger partial charge in [-0.25, -0.2) is 0 Å². The van der Waals surface area contributed by atoms with E-state index in [9.17, 15) is 14.4 Å². The molecule has 0 spiro atoms. The third kappa shape index (κ3) is 6.46. The average molecular weight is 551 g/mol. The van der Waals surface area contributed by atoms with Crippen LogP contribution in [0.25, 0.3) is 0 Å². The third-order valence-electron chi connectivity index (χ3n) is 8.11. The van der Waals surface area contributed by atoms with Crippen LogP contribution < -0.4 is 10.2 Å². The molecule has 3 atom stereocenters. The molecule has 3 heterocycles. The van der Waals surface area contributed by atoms with Gasteiger partial charge in [0.2, 0.25) is 5.91 Å². The van der Waals surface area contributed by atoms with Crippen LogP contribution in [0.15, 0.2) is 24.3 Å². The van der Waals surface area contributed by atoms with Crippen molar-refractivity contribution in [3.63, 3.8) is 0 Å². The number of nitrogens with one attached hydrogen (secondary N) is 1. The van der Waals surface area contributed by atoms with Crippen LogP contribution >= 0.6 is 27.0 Å². The van der Waals surface area contributed by atoms with Crippen LogP contribution in [0.2, 0.25) is 0 Å². The SMILES string of the molecule is CC(C)C[C@H](NC(=O)c1ccc(N2CCN(C3CCC3)CC2)cc1)C(=O)N1CC[C@H]2OCC(=O)[C@H]21.S.S. The van der Waals surface area contributed by atoms with Gasteiger partial charge in [-0.05, 0) is 55.9 Å². The lowest BCUT2D eigenvalue weighted by Gasteiger charge is -2.43. The number of amides is 2. The van der Waals surface area contributed by atoms with E-state index in [1.54, 1.807) is 4.90 Å². The summed E-state index contributed by atoms with van der Waals surface area (Å²) in [6.45, 7) is 8.83. The third-order valence-corrected chi connectivity index (χ3v) is 8.11. The number of piperazine rings is 1. The van der Waals surface area contributed by atoms with Crippen LogP contribution in [-0.2, 0) is 14.3 Å². The first-order valence-corrected chi connectivity index (χ1v) is 13.3. The Kier molecular flexibility index (Phi) is 10.4. The van der Waals surface area contributed by atoms with Gasteiger partial charge in [0.25, 0.3) is 5.91 Å². The first-order valence-electron chi connectivity index (χ1n) is 13.3. The quantitative estimate of drug-likeness (QED) is 0.561. The van der Waals surface area contributed by atoms with Crippen LogP contribution in [0.1, 0.15) is 56.3 Å². The highest BCUT2D eigenvalue weighted by Gasteiger charge is 2.48. The molecule has 1 aromatic carbocycles. The Labute approximate surface area is 234 Å². The summed E-state index contributed by atoms with van der Waals surface area (Å²) < 4.78 is 5.53. The normalized spacial score (nSPS) is 24.7. The van der Waals surface area contributed by atoms with E-state index in [0.29, 0.717) is 24.9 Å². The van der Waals surface area contributed by atoms with Crippen molar-refractivity contribution in [3.8, 4) is 0 Å². The molecule has 206 valence electrons. The van der Waals surface area contributed by atoms with Crippen molar-refractivity contribution < 1.29 is 19.1 Å². The van der Waals surface area contributed by atoms with E-state index in [2.05, 4.69) is 15.1 Å². The number of ketones is 1. The Bertz CT molecular complexity index is 948. The minimum atomic E-state index is -0.658. The molecule has 1 saturated carbocycles. The van der Waals surface area contributed by atoms with Crippen molar-refractivity contribution in [1.82, 2.24) is 15.1 Å². The van der Waals surface area contributed by atoms with Gasteiger partial charge in [0.05, 0.1) is 6.10 Å². The summed E-state index contributed by atoms with van der Waals surface area (Å²) in [6.07, 6.45) is 5.03. The number of carbonyl (C=O) groups excluding carboxylic acids is 3. The molecule has 2 amide bonds. The van der Waals surface area contributed by atoms with E-state index in [1.165, 1.54) is 19.3 Å². The monoisotopic (exact) mass is 550 g/mol. The van der Waals surface area contributed by atoms with Crippen LogP contribution in [0, 0.1) is 5.92 Å². The number of ether oxygens (including phenoxy) is 1. The Morgan fingerprint density at radius 3 is 2.27 bits per heavy atom. The van der Waals surface area contributed by atoms with Crippen molar-refractivity contribution >= 4 is 50.3 Å². The zero-order valence-electron chi connectivity index (χ0n) is 21.9. The maximum absolute atomic E-state index is 13.4. The topological polar surface area (TPSA) is 82.2 Å². The first kappa shape index (κ1) is 29.8. The molecule has 0 unspecified atom stereocenters. The van der Waals surface area contributed by atoms with E-state index in [1.807, 2.05) is 38.1 Å². The minimum Gasteiger partial charge on any atom is -0.369 e. The van der Waals surface area contributed by atoms with Gasteiger partial charge in [-0.15, -0.1) is 0 Å². The Morgan fingerprint density at radius 1 is 1.00 bits per heavy atom. The molecule has 4 fully saturated rings. The van der Waals surface area contributed by atoms with Gasteiger partial charge >= 0.3 is 0 Å². The minimum absolute atomic E-state index is 0. The largest absolute Gasteiger partial charge is 0.369 e. The molecular formula is C27H42N4O4S2. The van der Waals surface area contributed by atoms with Crippen LogP contribution in [0.5, 0.6) is 0 Å². The number of rotatable bonds is 7. The number of likely N-dealkylation sites (tertiary alicyclic amines) is 1. The number of anilines is 1. The molecule has 4 aliphatic rings. The van der Waals surface area contributed by atoms with Crippen molar-refractivity contribution in [2.75, 3.05) is 44.2 Å². The maximum atomic E-state index is 13.4. The van der Waals surface area contributed by atoms with E-state index < -0.39 is 12.1 Å². The molecular weight excluding hydrogens is 508 g/mol. The van der Waals surface area contributed by atoms with Gasteiger partial charge in [0.15, 0.2) is 5.78 Å². The van der Waals surface area contributed by atoms with Gasteiger partial charge < -0.3 is 19.9 Å². The number of fused-ring (bicyclic) bond motifs is 1. The number of carbonyl (C=O) groups is 3. The zero-order chi connectivity index (χ0) is 24.5. The highest BCUT2D eigenvalue weighted by atomic mass is 32.1. The molecule has 5 rings (SSSR count). The summed E-state index contributed by atoms with van der Waals surface area (Å²) in [7, 11) is 0. The highest BCUT2D eigenvalue weighted by molar-refractivity contribution is 7.59. The average Bonchev–Trinajstić information content (AvgIpc) is 3.40. The van der Waals surface area contributed by atoms with Crippen LogP contribution in [-0.4, -0.2) is 91.0 Å². The second-order valence-corrected chi connectivity index (χ2v) is 10.9. The zero-order valence-corrected chi connectivity index (χ0v) is 23.9. The van der Waals surface area contributed by atoms with Gasteiger partial charge in [-0.1, -0.05) is 20.3 Å². The fourth-order valence-corrected chi connectivity index (χ4v) is 5.90. The van der Waals surface area contributed by atoms with Crippen molar-refractivity contribution in [2.24, 2.45) is 5.92 Å². The molecule has 1 N–H and O–H groups in total. The summed E-state index contributed by atoms with van der Waals surface area (Å²) in [4.78, 5) is 45.4. The molecule has 0 radical (unpaired) electrons. The lowest BCUT2D eigenvalue weighted by atomic mass is 9.91. The Morgan fingerprint density at radius 2 is 1.68 bits per heavy atom. The maximum Gasteiger partial charge on any atom is 0.251 e. The van der Waals surface area contributed by atoms with Crippen molar-refractivity contribution in [1.29, 1.82) is 0 Å². The molecule has 1 aromatic rings. The van der Waals surface area contributed by atoms with Gasteiger partial charge in [0.1, 0.15) is 18.7 Å². The van der Waals surface area contributed by atoms with E-state index in [0.717, 1.165) is 37.9 Å². The smallest absolute Gasteiger partial charge is 0.251 e. The Balaban J connectivity index is 0.00000190. The number of nitrogens with zero attached hydrogens (tertiary/aromatic N) is 3. The van der Waals surface area contributed by atoms with Gasteiger partial charge in [-0.3, -0.25) is 19.3 Å². The lowest BCUT2D eigenvalue weighted by Crippen LogP contribution is -2.52. The van der Waals surface area contributed by atoms with Crippen molar-refractivity contribution in [2.45, 2.75) is 70.2 Å².